The van der Waals surface area contributed by atoms with Gasteiger partial charge in [0, 0.05) is 18.5 Å². The molecule has 0 unspecified atom stereocenters. The summed E-state index contributed by atoms with van der Waals surface area (Å²) in [6, 6.07) is 8.92. The summed E-state index contributed by atoms with van der Waals surface area (Å²) in [7, 11) is 1.96. The normalized spacial score (nSPS) is 14.5. The van der Waals surface area contributed by atoms with Gasteiger partial charge in [0.1, 0.15) is 0 Å². The Bertz CT molecular complexity index is 789. The van der Waals surface area contributed by atoms with E-state index < -0.39 is 0 Å². The maximum Gasteiger partial charge on any atom is 0.160 e. The van der Waals surface area contributed by atoms with Crippen molar-refractivity contribution in [3.8, 4) is 0 Å². The van der Waals surface area contributed by atoms with Crippen molar-refractivity contribution in [2.75, 3.05) is 5.32 Å². The Balaban J connectivity index is 0.00000121. The third kappa shape index (κ3) is 1.91. The quantitative estimate of drug-likeness (QED) is 0.786. The fourth-order valence-electron chi connectivity index (χ4n) is 2.68. The topological polar surface area (TPSA) is 42.7 Å². The van der Waals surface area contributed by atoms with Crippen molar-refractivity contribution >= 4 is 40.0 Å². The average molecular weight is 289 g/mol. The second-order valence-corrected chi connectivity index (χ2v) is 5.33. The van der Waals surface area contributed by atoms with E-state index in [-0.39, 0.29) is 12.4 Å². The van der Waals surface area contributed by atoms with Crippen molar-refractivity contribution in [1.82, 2.24) is 14.8 Å². The van der Waals surface area contributed by atoms with E-state index in [4.69, 9.17) is 4.98 Å². The second-order valence-electron chi connectivity index (χ2n) is 5.33. The fourth-order valence-corrected chi connectivity index (χ4v) is 2.68. The van der Waals surface area contributed by atoms with Crippen molar-refractivity contribution < 1.29 is 0 Å². The van der Waals surface area contributed by atoms with E-state index in [2.05, 4.69) is 35.5 Å². The highest BCUT2D eigenvalue weighted by Gasteiger charge is 2.24. The van der Waals surface area contributed by atoms with Crippen molar-refractivity contribution in [2.24, 2.45) is 7.05 Å². The van der Waals surface area contributed by atoms with E-state index >= 15 is 0 Å². The summed E-state index contributed by atoms with van der Waals surface area (Å²) in [6.45, 7) is 2.05. The zero-order valence-electron chi connectivity index (χ0n) is 11.6. The van der Waals surface area contributed by atoms with E-state index in [0.717, 1.165) is 22.2 Å². The highest BCUT2D eigenvalue weighted by molar-refractivity contribution is 6.07. The lowest BCUT2D eigenvalue weighted by atomic mass is 10.1. The molecule has 0 bridgehead atoms. The Kier molecular flexibility index (Phi) is 3.05. The molecule has 1 N–H and O–H groups in total. The molecule has 4 rings (SSSR count). The number of nitrogens with one attached hydrogen (secondary N) is 1. The first-order valence-corrected chi connectivity index (χ1v) is 6.72. The first-order chi connectivity index (χ1) is 9.24. The number of hydrogen-bond acceptors (Lipinski definition) is 3. The average Bonchev–Trinajstić information content (AvgIpc) is 3.17. The van der Waals surface area contributed by atoms with Gasteiger partial charge in [0.2, 0.25) is 0 Å². The molecule has 3 aromatic rings. The Labute approximate surface area is 123 Å². The molecule has 104 valence electrons. The SMILES string of the molecule is Cc1nn(C)c2nc3ccccc3c(NC3CC3)c12.Cl. The van der Waals surface area contributed by atoms with Crippen LogP contribution in [0.4, 0.5) is 5.69 Å². The summed E-state index contributed by atoms with van der Waals surface area (Å²) in [5.41, 5.74) is 4.23. The number of fused-ring (bicyclic) bond motifs is 2. The minimum absolute atomic E-state index is 0. The van der Waals surface area contributed by atoms with Crippen LogP contribution in [0, 0.1) is 6.92 Å². The number of para-hydroxylation sites is 1. The molecule has 0 spiro atoms. The van der Waals surface area contributed by atoms with Gasteiger partial charge >= 0.3 is 0 Å². The molecule has 0 aliphatic heterocycles. The van der Waals surface area contributed by atoms with Crippen LogP contribution in [0.2, 0.25) is 0 Å². The van der Waals surface area contributed by atoms with Gasteiger partial charge in [-0.1, -0.05) is 18.2 Å². The van der Waals surface area contributed by atoms with Crippen LogP contribution in [0.25, 0.3) is 21.9 Å². The number of rotatable bonds is 2. The number of anilines is 1. The van der Waals surface area contributed by atoms with E-state index in [9.17, 15) is 0 Å². The number of pyridine rings is 1. The Morgan fingerprint density at radius 1 is 1.25 bits per heavy atom. The number of nitrogens with zero attached hydrogens (tertiary/aromatic N) is 3. The van der Waals surface area contributed by atoms with E-state index in [0.29, 0.717) is 6.04 Å². The monoisotopic (exact) mass is 288 g/mol. The van der Waals surface area contributed by atoms with Crippen LogP contribution in [0.1, 0.15) is 18.5 Å². The van der Waals surface area contributed by atoms with Gasteiger partial charge in [0.15, 0.2) is 5.65 Å². The minimum atomic E-state index is 0. The third-order valence-corrected chi connectivity index (χ3v) is 3.77. The van der Waals surface area contributed by atoms with Gasteiger partial charge < -0.3 is 5.32 Å². The molecule has 0 amide bonds. The number of aryl methyl sites for hydroxylation is 2. The fraction of sp³-hybridized carbons (Fsp3) is 0.333. The molecular formula is C15H17ClN4. The standard InChI is InChI=1S/C15H16N4.ClH/c1-9-13-14(16-10-7-8-10)11-5-3-4-6-12(11)17-15(13)19(2)18-9;/h3-6,10H,7-8H2,1-2H3,(H,16,17);1H. The molecule has 1 fully saturated rings. The number of hydrogen-bond donors (Lipinski definition) is 1. The van der Waals surface area contributed by atoms with Gasteiger partial charge in [0.05, 0.1) is 22.3 Å². The molecule has 4 nitrogen and oxygen atoms in total. The van der Waals surface area contributed by atoms with Gasteiger partial charge in [0.25, 0.3) is 0 Å². The van der Waals surface area contributed by atoms with Gasteiger partial charge in [-0.3, -0.25) is 4.68 Å². The molecule has 1 aliphatic rings. The van der Waals surface area contributed by atoms with Crippen molar-refractivity contribution in [3.05, 3.63) is 30.0 Å². The Hall–Kier alpha value is -1.81. The summed E-state index contributed by atoms with van der Waals surface area (Å²) >= 11 is 0. The summed E-state index contributed by atoms with van der Waals surface area (Å²) in [6.07, 6.45) is 2.52. The lowest BCUT2D eigenvalue weighted by molar-refractivity contribution is 0.775. The Morgan fingerprint density at radius 2 is 2.00 bits per heavy atom. The van der Waals surface area contributed by atoms with Crippen molar-refractivity contribution in [2.45, 2.75) is 25.8 Å². The summed E-state index contributed by atoms with van der Waals surface area (Å²) in [5, 5.41) is 10.5. The molecule has 0 atom stereocenters. The minimum Gasteiger partial charge on any atom is -0.381 e. The van der Waals surface area contributed by atoms with Crippen molar-refractivity contribution in [3.63, 3.8) is 0 Å². The van der Waals surface area contributed by atoms with E-state index in [1.165, 1.54) is 23.9 Å². The smallest absolute Gasteiger partial charge is 0.160 e. The molecule has 0 radical (unpaired) electrons. The number of aromatic nitrogens is 3. The molecule has 20 heavy (non-hydrogen) atoms. The molecular weight excluding hydrogens is 272 g/mol. The van der Waals surface area contributed by atoms with Crippen LogP contribution in [0.3, 0.4) is 0 Å². The van der Waals surface area contributed by atoms with Gasteiger partial charge in [-0.25, -0.2) is 4.98 Å². The zero-order chi connectivity index (χ0) is 13.0. The van der Waals surface area contributed by atoms with Crippen LogP contribution in [-0.2, 0) is 7.05 Å². The molecule has 2 aromatic heterocycles. The molecule has 1 aliphatic carbocycles. The maximum atomic E-state index is 4.75. The predicted molar refractivity (Wildman–Crippen MR) is 84.6 cm³/mol. The van der Waals surface area contributed by atoms with Crippen LogP contribution in [-0.4, -0.2) is 20.8 Å². The summed E-state index contributed by atoms with van der Waals surface area (Å²) in [5.74, 6) is 0. The molecule has 1 saturated carbocycles. The van der Waals surface area contributed by atoms with Crippen LogP contribution < -0.4 is 5.32 Å². The summed E-state index contributed by atoms with van der Waals surface area (Å²) < 4.78 is 1.87. The molecule has 2 heterocycles. The van der Waals surface area contributed by atoms with Crippen LogP contribution >= 0.6 is 12.4 Å². The van der Waals surface area contributed by atoms with Crippen molar-refractivity contribution in [1.29, 1.82) is 0 Å². The number of benzene rings is 1. The highest BCUT2D eigenvalue weighted by atomic mass is 35.5. The van der Waals surface area contributed by atoms with Crippen LogP contribution in [0.5, 0.6) is 0 Å². The first-order valence-electron chi connectivity index (χ1n) is 6.72. The summed E-state index contributed by atoms with van der Waals surface area (Å²) in [4.78, 5) is 4.75. The molecule has 0 saturated heterocycles. The molecule has 1 aromatic carbocycles. The van der Waals surface area contributed by atoms with Crippen LogP contribution in [0.15, 0.2) is 24.3 Å². The van der Waals surface area contributed by atoms with Gasteiger partial charge in [-0.15, -0.1) is 12.4 Å². The maximum absolute atomic E-state index is 4.75. The van der Waals surface area contributed by atoms with E-state index in [1.54, 1.807) is 0 Å². The van der Waals surface area contributed by atoms with Gasteiger partial charge in [-0.05, 0) is 25.8 Å². The predicted octanol–water partition coefficient (Wildman–Crippen LogP) is 3.43. The lowest BCUT2D eigenvalue weighted by Crippen LogP contribution is -2.03. The second kappa shape index (κ2) is 4.63. The largest absolute Gasteiger partial charge is 0.381 e. The first kappa shape index (κ1) is 13.2. The Morgan fingerprint density at radius 3 is 2.75 bits per heavy atom. The third-order valence-electron chi connectivity index (χ3n) is 3.77. The molecule has 5 heteroatoms. The lowest BCUT2D eigenvalue weighted by Gasteiger charge is -2.10. The highest BCUT2D eigenvalue weighted by Crippen LogP contribution is 2.36. The zero-order valence-corrected chi connectivity index (χ0v) is 12.4. The van der Waals surface area contributed by atoms with E-state index in [1.807, 2.05) is 17.8 Å². The van der Waals surface area contributed by atoms with Gasteiger partial charge in [-0.2, -0.15) is 5.10 Å². The number of halogens is 1.